The molecule has 0 N–H and O–H groups in total. The van der Waals surface area contributed by atoms with E-state index in [-0.39, 0.29) is 11.9 Å². The fourth-order valence-electron chi connectivity index (χ4n) is 1.38. The molecule has 0 saturated heterocycles. The summed E-state index contributed by atoms with van der Waals surface area (Å²) in [6.07, 6.45) is 3.30. The highest BCUT2D eigenvalue weighted by Gasteiger charge is 2.11. The Hall–Kier alpha value is -1.71. The zero-order valence-electron chi connectivity index (χ0n) is 7.76. The Kier molecular flexibility index (Phi) is 2.26. The van der Waals surface area contributed by atoms with Gasteiger partial charge in [-0.1, -0.05) is 23.4 Å². The molecule has 14 heavy (non-hydrogen) atoms. The average molecular weight is 191 g/mol. The molecule has 4 heteroatoms. The van der Waals surface area contributed by atoms with Crippen molar-refractivity contribution in [3.63, 3.8) is 0 Å². The van der Waals surface area contributed by atoms with E-state index in [2.05, 4.69) is 10.3 Å². The lowest BCUT2D eigenvalue weighted by Gasteiger charge is -2.11. The molecule has 1 atom stereocenters. The second-order valence-electron chi connectivity index (χ2n) is 3.08. The van der Waals surface area contributed by atoms with Gasteiger partial charge >= 0.3 is 0 Å². The maximum absolute atomic E-state index is 13.4. The first-order valence-electron chi connectivity index (χ1n) is 4.39. The van der Waals surface area contributed by atoms with E-state index < -0.39 is 0 Å². The predicted molar refractivity (Wildman–Crippen MR) is 50.2 cm³/mol. The fourth-order valence-corrected chi connectivity index (χ4v) is 1.38. The fraction of sp³-hybridized carbons (Fsp3) is 0.200. The Labute approximate surface area is 81.2 Å². The van der Waals surface area contributed by atoms with Gasteiger partial charge in [0.2, 0.25) is 0 Å². The van der Waals surface area contributed by atoms with Crippen LogP contribution in [-0.4, -0.2) is 15.0 Å². The van der Waals surface area contributed by atoms with Crippen molar-refractivity contribution < 1.29 is 4.39 Å². The van der Waals surface area contributed by atoms with Crippen LogP contribution in [-0.2, 0) is 0 Å². The van der Waals surface area contributed by atoms with E-state index in [0.717, 1.165) is 0 Å². The van der Waals surface area contributed by atoms with Crippen LogP contribution in [0.3, 0.4) is 0 Å². The van der Waals surface area contributed by atoms with Crippen LogP contribution in [0.25, 0.3) is 0 Å². The molecule has 2 aromatic rings. The predicted octanol–water partition coefficient (Wildman–Crippen LogP) is 2.03. The van der Waals surface area contributed by atoms with E-state index >= 15 is 0 Å². The van der Waals surface area contributed by atoms with Gasteiger partial charge < -0.3 is 0 Å². The Balaban J connectivity index is 2.37. The molecule has 2 rings (SSSR count). The second kappa shape index (κ2) is 3.57. The summed E-state index contributed by atoms with van der Waals surface area (Å²) in [6, 6.07) is 6.56. The van der Waals surface area contributed by atoms with Crippen molar-refractivity contribution in [2.45, 2.75) is 13.0 Å². The smallest absolute Gasteiger partial charge is 0.128 e. The molecule has 0 spiro atoms. The summed E-state index contributed by atoms with van der Waals surface area (Å²) in [6.45, 7) is 1.88. The van der Waals surface area contributed by atoms with Gasteiger partial charge in [0.1, 0.15) is 5.82 Å². The number of hydrogen-bond donors (Lipinski definition) is 0. The van der Waals surface area contributed by atoms with Gasteiger partial charge in [-0.3, -0.25) is 0 Å². The van der Waals surface area contributed by atoms with Crippen molar-refractivity contribution in [1.29, 1.82) is 0 Å². The lowest BCUT2D eigenvalue weighted by Crippen LogP contribution is -2.09. The Bertz CT molecular complexity index is 411. The van der Waals surface area contributed by atoms with Crippen LogP contribution in [0.1, 0.15) is 18.5 Å². The van der Waals surface area contributed by atoms with Crippen LogP contribution in [0.4, 0.5) is 4.39 Å². The molecule has 0 amide bonds. The van der Waals surface area contributed by atoms with E-state index in [1.54, 1.807) is 29.2 Å². The lowest BCUT2D eigenvalue weighted by molar-refractivity contribution is 0.508. The lowest BCUT2D eigenvalue weighted by atomic mass is 10.1. The highest BCUT2D eigenvalue weighted by molar-refractivity contribution is 5.20. The van der Waals surface area contributed by atoms with E-state index in [0.29, 0.717) is 5.56 Å². The van der Waals surface area contributed by atoms with Gasteiger partial charge in [0.15, 0.2) is 0 Å². The molecule has 0 aliphatic carbocycles. The Morgan fingerprint density at radius 1 is 1.36 bits per heavy atom. The molecular weight excluding hydrogens is 181 g/mol. The molecule has 0 aliphatic heterocycles. The van der Waals surface area contributed by atoms with Gasteiger partial charge in [-0.2, -0.15) is 0 Å². The monoisotopic (exact) mass is 191 g/mol. The topological polar surface area (TPSA) is 30.7 Å². The summed E-state index contributed by atoms with van der Waals surface area (Å²) < 4.78 is 15.0. The number of rotatable bonds is 2. The van der Waals surface area contributed by atoms with Gasteiger partial charge in [0.05, 0.1) is 12.2 Å². The number of benzene rings is 1. The van der Waals surface area contributed by atoms with Gasteiger partial charge in [-0.05, 0) is 13.0 Å². The minimum Gasteiger partial charge on any atom is -0.245 e. The third-order valence-electron chi connectivity index (χ3n) is 2.19. The van der Waals surface area contributed by atoms with Crippen LogP contribution in [0.15, 0.2) is 36.7 Å². The molecule has 0 saturated carbocycles. The molecule has 0 aliphatic rings. The largest absolute Gasteiger partial charge is 0.245 e. The van der Waals surface area contributed by atoms with Crippen molar-refractivity contribution in [2.24, 2.45) is 0 Å². The molecule has 0 fully saturated rings. The van der Waals surface area contributed by atoms with Gasteiger partial charge in [-0.15, -0.1) is 5.10 Å². The molecule has 1 aromatic heterocycles. The first kappa shape index (κ1) is 8.87. The Morgan fingerprint density at radius 3 is 2.79 bits per heavy atom. The normalized spacial score (nSPS) is 12.7. The van der Waals surface area contributed by atoms with Crippen molar-refractivity contribution in [2.75, 3.05) is 0 Å². The Morgan fingerprint density at radius 2 is 2.14 bits per heavy atom. The molecule has 3 nitrogen and oxygen atoms in total. The summed E-state index contributed by atoms with van der Waals surface area (Å²) in [4.78, 5) is 0. The molecule has 0 radical (unpaired) electrons. The minimum atomic E-state index is -0.212. The molecule has 1 unspecified atom stereocenters. The standard InChI is InChI=1S/C10H10FN3/c1-8(14-7-6-12-13-14)9-4-2-3-5-10(9)11/h2-8H,1H3. The summed E-state index contributed by atoms with van der Waals surface area (Å²) >= 11 is 0. The van der Waals surface area contributed by atoms with Gasteiger partial charge in [0, 0.05) is 11.8 Å². The maximum atomic E-state index is 13.4. The van der Waals surface area contributed by atoms with Gasteiger partial charge in [-0.25, -0.2) is 9.07 Å². The second-order valence-corrected chi connectivity index (χ2v) is 3.08. The molecule has 1 aromatic carbocycles. The summed E-state index contributed by atoms with van der Waals surface area (Å²) in [5.41, 5.74) is 0.623. The van der Waals surface area contributed by atoms with Gasteiger partial charge in [0.25, 0.3) is 0 Å². The van der Waals surface area contributed by atoms with Crippen molar-refractivity contribution in [3.8, 4) is 0 Å². The maximum Gasteiger partial charge on any atom is 0.128 e. The van der Waals surface area contributed by atoms with Crippen LogP contribution >= 0.6 is 0 Å². The van der Waals surface area contributed by atoms with E-state index in [9.17, 15) is 4.39 Å². The zero-order valence-corrected chi connectivity index (χ0v) is 7.76. The highest BCUT2D eigenvalue weighted by atomic mass is 19.1. The zero-order chi connectivity index (χ0) is 9.97. The molecular formula is C10H10FN3. The van der Waals surface area contributed by atoms with Crippen LogP contribution in [0, 0.1) is 5.82 Å². The SMILES string of the molecule is CC(c1ccccc1F)n1ccnn1. The minimum absolute atomic E-state index is 0.126. The first-order chi connectivity index (χ1) is 6.79. The van der Waals surface area contributed by atoms with E-state index in [1.807, 2.05) is 13.0 Å². The third kappa shape index (κ3) is 1.51. The highest BCUT2D eigenvalue weighted by Crippen LogP contribution is 2.18. The molecule has 0 bridgehead atoms. The average Bonchev–Trinajstić information content (AvgIpc) is 2.70. The number of hydrogen-bond acceptors (Lipinski definition) is 2. The summed E-state index contributed by atoms with van der Waals surface area (Å²) in [5.74, 6) is -0.212. The molecule has 72 valence electrons. The van der Waals surface area contributed by atoms with Crippen LogP contribution < -0.4 is 0 Å². The number of aromatic nitrogens is 3. The van der Waals surface area contributed by atoms with Crippen molar-refractivity contribution >= 4 is 0 Å². The first-order valence-corrected chi connectivity index (χ1v) is 4.39. The summed E-state index contributed by atoms with van der Waals surface area (Å²) in [5, 5.41) is 7.52. The summed E-state index contributed by atoms with van der Waals surface area (Å²) in [7, 11) is 0. The van der Waals surface area contributed by atoms with E-state index in [1.165, 1.54) is 6.07 Å². The van der Waals surface area contributed by atoms with Crippen LogP contribution in [0.5, 0.6) is 0 Å². The van der Waals surface area contributed by atoms with Crippen molar-refractivity contribution in [3.05, 3.63) is 48.0 Å². The number of halogens is 1. The van der Waals surface area contributed by atoms with Crippen molar-refractivity contribution in [1.82, 2.24) is 15.0 Å². The van der Waals surface area contributed by atoms with Crippen LogP contribution in [0.2, 0.25) is 0 Å². The third-order valence-corrected chi connectivity index (χ3v) is 2.19. The number of nitrogens with zero attached hydrogens (tertiary/aromatic N) is 3. The molecule has 1 heterocycles. The van der Waals surface area contributed by atoms with E-state index in [4.69, 9.17) is 0 Å². The quantitative estimate of drug-likeness (QED) is 0.727.